The number of hydrogen-bond acceptors (Lipinski definition) is 4. The zero-order chi connectivity index (χ0) is 12.4. The molecule has 0 atom stereocenters. The normalized spacial score (nSPS) is 10.4. The van der Waals surface area contributed by atoms with Gasteiger partial charge in [-0.1, -0.05) is 0 Å². The van der Waals surface area contributed by atoms with Crippen molar-refractivity contribution < 1.29 is 4.79 Å². The van der Waals surface area contributed by atoms with Gasteiger partial charge in [0.1, 0.15) is 0 Å². The van der Waals surface area contributed by atoms with Crippen molar-refractivity contribution in [2.24, 2.45) is 0 Å². The molecule has 0 amide bonds. The van der Waals surface area contributed by atoms with Crippen molar-refractivity contribution in [3.8, 4) is 0 Å². The van der Waals surface area contributed by atoms with Gasteiger partial charge < -0.3 is 16.0 Å². The molecule has 0 aliphatic heterocycles. The van der Waals surface area contributed by atoms with Crippen molar-refractivity contribution in [2.45, 2.75) is 13.5 Å². The molecular formula is C12H14N4O. The Bertz CT molecular complexity index is 559. The predicted molar refractivity (Wildman–Crippen MR) is 66.6 cm³/mol. The molecule has 0 radical (unpaired) electrons. The fourth-order valence-corrected chi connectivity index (χ4v) is 1.68. The smallest absolute Gasteiger partial charge is 0.230 e. The number of aryl methyl sites for hydroxylation is 1. The van der Waals surface area contributed by atoms with Gasteiger partial charge in [-0.15, -0.1) is 0 Å². The van der Waals surface area contributed by atoms with E-state index in [9.17, 15) is 4.79 Å². The molecule has 88 valence electrons. The lowest BCUT2D eigenvalue weighted by Crippen LogP contribution is -2.12. The van der Waals surface area contributed by atoms with Crippen LogP contribution in [-0.4, -0.2) is 15.3 Å². The zero-order valence-corrected chi connectivity index (χ0v) is 9.55. The molecule has 1 aromatic carbocycles. The maximum Gasteiger partial charge on any atom is 0.230 e. The molecule has 0 spiro atoms. The summed E-state index contributed by atoms with van der Waals surface area (Å²) in [6.07, 6.45) is 3.37. The van der Waals surface area contributed by atoms with Gasteiger partial charge in [0.15, 0.2) is 5.82 Å². The number of nitrogen functional groups attached to an aromatic ring is 2. The van der Waals surface area contributed by atoms with E-state index in [-0.39, 0.29) is 5.78 Å². The maximum absolute atomic E-state index is 12.2. The van der Waals surface area contributed by atoms with Crippen LogP contribution in [0.1, 0.15) is 23.1 Å². The van der Waals surface area contributed by atoms with Crippen molar-refractivity contribution in [3.63, 3.8) is 0 Å². The molecule has 0 fully saturated rings. The number of hydrogen-bond donors (Lipinski definition) is 2. The Morgan fingerprint density at radius 3 is 2.82 bits per heavy atom. The first-order chi connectivity index (χ1) is 8.13. The van der Waals surface area contributed by atoms with Crippen LogP contribution in [0.2, 0.25) is 0 Å². The van der Waals surface area contributed by atoms with Gasteiger partial charge in [0.2, 0.25) is 5.78 Å². The summed E-state index contributed by atoms with van der Waals surface area (Å²) in [6.45, 7) is 2.64. The highest BCUT2D eigenvalue weighted by Crippen LogP contribution is 2.18. The molecule has 17 heavy (non-hydrogen) atoms. The summed E-state index contributed by atoms with van der Waals surface area (Å²) in [6, 6.07) is 4.86. The number of imidazole rings is 1. The van der Waals surface area contributed by atoms with E-state index in [1.54, 1.807) is 35.2 Å². The zero-order valence-electron chi connectivity index (χ0n) is 9.55. The third-order valence-corrected chi connectivity index (χ3v) is 2.58. The molecule has 0 saturated carbocycles. The van der Waals surface area contributed by atoms with Crippen molar-refractivity contribution in [2.75, 3.05) is 11.5 Å². The van der Waals surface area contributed by atoms with Gasteiger partial charge in [-0.05, 0) is 25.1 Å². The number of anilines is 2. The van der Waals surface area contributed by atoms with E-state index in [0.717, 1.165) is 0 Å². The molecule has 1 aromatic heterocycles. The lowest BCUT2D eigenvalue weighted by atomic mass is 10.1. The van der Waals surface area contributed by atoms with Gasteiger partial charge in [-0.25, -0.2) is 4.98 Å². The Hall–Kier alpha value is -2.30. The standard InChI is InChI=1S/C12H14N4O/c1-2-16-6-5-15-12(16)11(17)9-4-3-8(13)7-10(9)14/h3-7H,2,13-14H2,1H3. The van der Waals surface area contributed by atoms with E-state index in [1.807, 2.05) is 6.92 Å². The average molecular weight is 230 g/mol. The Morgan fingerprint density at radius 1 is 1.41 bits per heavy atom. The Kier molecular flexibility index (Phi) is 2.82. The van der Waals surface area contributed by atoms with Crippen molar-refractivity contribution in [1.82, 2.24) is 9.55 Å². The topological polar surface area (TPSA) is 86.9 Å². The molecule has 0 bridgehead atoms. The second-order valence-electron chi connectivity index (χ2n) is 3.71. The fraction of sp³-hybridized carbons (Fsp3) is 0.167. The largest absolute Gasteiger partial charge is 0.399 e. The van der Waals surface area contributed by atoms with Crippen LogP contribution in [0.5, 0.6) is 0 Å². The van der Waals surface area contributed by atoms with Gasteiger partial charge in [0.05, 0.1) is 0 Å². The summed E-state index contributed by atoms with van der Waals surface area (Å²) in [4.78, 5) is 16.3. The summed E-state index contributed by atoms with van der Waals surface area (Å²) in [7, 11) is 0. The molecule has 1 heterocycles. The predicted octanol–water partition coefficient (Wildman–Crippen LogP) is 1.30. The first kappa shape index (κ1) is 11.2. The number of aromatic nitrogens is 2. The number of rotatable bonds is 3. The minimum Gasteiger partial charge on any atom is -0.399 e. The molecule has 0 unspecified atom stereocenters. The first-order valence-corrected chi connectivity index (χ1v) is 5.34. The van der Waals surface area contributed by atoms with Crippen LogP contribution in [0.3, 0.4) is 0 Å². The highest BCUT2D eigenvalue weighted by molar-refractivity contribution is 6.10. The SMILES string of the molecule is CCn1ccnc1C(=O)c1ccc(N)cc1N. The van der Waals surface area contributed by atoms with Crippen molar-refractivity contribution >= 4 is 17.2 Å². The van der Waals surface area contributed by atoms with Crippen LogP contribution >= 0.6 is 0 Å². The number of benzene rings is 1. The van der Waals surface area contributed by atoms with Gasteiger partial charge in [0.25, 0.3) is 0 Å². The van der Waals surface area contributed by atoms with Gasteiger partial charge in [-0.3, -0.25) is 4.79 Å². The monoisotopic (exact) mass is 230 g/mol. The van der Waals surface area contributed by atoms with Gasteiger partial charge in [0, 0.05) is 35.9 Å². The Labute approximate surface area is 99.1 Å². The van der Waals surface area contributed by atoms with Crippen molar-refractivity contribution in [3.05, 3.63) is 42.0 Å². The van der Waals surface area contributed by atoms with Gasteiger partial charge >= 0.3 is 0 Å². The second kappa shape index (κ2) is 4.29. The highest BCUT2D eigenvalue weighted by atomic mass is 16.1. The maximum atomic E-state index is 12.2. The molecule has 2 rings (SSSR count). The Balaban J connectivity index is 2.44. The summed E-state index contributed by atoms with van der Waals surface area (Å²) < 4.78 is 1.78. The van der Waals surface area contributed by atoms with Crippen LogP contribution in [0.15, 0.2) is 30.6 Å². The number of ketones is 1. The number of nitrogens with two attached hydrogens (primary N) is 2. The van der Waals surface area contributed by atoms with Crippen LogP contribution in [0.25, 0.3) is 0 Å². The van der Waals surface area contributed by atoms with E-state index < -0.39 is 0 Å². The number of carbonyl (C=O) groups is 1. The minimum atomic E-state index is -0.186. The lowest BCUT2D eigenvalue weighted by Gasteiger charge is -2.07. The third-order valence-electron chi connectivity index (χ3n) is 2.58. The quantitative estimate of drug-likeness (QED) is 0.614. The lowest BCUT2D eigenvalue weighted by molar-refractivity contribution is 0.102. The average Bonchev–Trinajstić information content (AvgIpc) is 2.76. The molecule has 2 aromatic rings. The van der Waals surface area contributed by atoms with E-state index in [2.05, 4.69) is 4.98 Å². The second-order valence-corrected chi connectivity index (χ2v) is 3.71. The van der Waals surface area contributed by atoms with Crippen LogP contribution in [0, 0.1) is 0 Å². The van der Waals surface area contributed by atoms with Gasteiger partial charge in [-0.2, -0.15) is 0 Å². The molecule has 4 N–H and O–H groups in total. The van der Waals surface area contributed by atoms with Crippen LogP contribution < -0.4 is 11.5 Å². The number of nitrogens with zero attached hydrogens (tertiary/aromatic N) is 2. The van der Waals surface area contributed by atoms with Crippen LogP contribution in [0.4, 0.5) is 11.4 Å². The van der Waals surface area contributed by atoms with E-state index in [0.29, 0.717) is 29.3 Å². The summed E-state index contributed by atoms with van der Waals surface area (Å²) in [5.74, 6) is 0.207. The first-order valence-electron chi connectivity index (χ1n) is 5.34. The van der Waals surface area contributed by atoms with Crippen molar-refractivity contribution in [1.29, 1.82) is 0 Å². The summed E-state index contributed by atoms with van der Waals surface area (Å²) >= 11 is 0. The molecule has 0 aliphatic carbocycles. The Morgan fingerprint density at radius 2 is 2.18 bits per heavy atom. The van der Waals surface area contributed by atoms with E-state index in [1.165, 1.54) is 0 Å². The molecule has 0 aliphatic rings. The van der Waals surface area contributed by atoms with E-state index >= 15 is 0 Å². The molecule has 0 saturated heterocycles. The molecule has 5 heteroatoms. The third kappa shape index (κ3) is 1.99. The fourth-order valence-electron chi connectivity index (χ4n) is 1.68. The summed E-state index contributed by atoms with van der Waals surface area (Å²) in [5, 5.41) is 0. The minimum absolute atomic E-state index is 0.186. The molecule has 5 nitrogen and oxygen atoms in total. The number of carbonyl (C=O) groups excluding carboxylic acids is 1. The highest BCUT2D eigenvalue weighted by Gasteiger charge is 2.16. The van der Waals surface area contributed by atoms with E-state index in [4.69, 9.17) is 11.5 Å². The van der Waals surface area contributed by atoms with Crippen LogP contribution in [-0.2, 0) is 6.54 Å². The summed E-state index contributed by atoms with van der Waals surface area (Å²) in [5.41, 5.74) is 12.7. The molecular weight excluding hydrogens is 216 g/mol.